The van der Waals surface area contributed by atoms with Crippen molar-refractivity contribution in [3.8, 4) is 0 Å². The van der Waals surface area contributed by atoms with Crippen molar-refractivity contribution < 1.29 is 14.3 Å². The van der Waals surface area contributed by atoms with Gasteiger partial charge in [0.1, 0.15) is 0 Å². The summed E-state index contributed by atoms with van der Waals surface area (Å²) in [6.45, 7) is 2.50. The van der Waals surface area contributed by atoms with Gasteiger partial charge in [-0.25, -0.2) is 0 Å². The Bertz CT molecular complexity index is 502. The first-order chi connectivity index (χ1) is 9.70. The molecule has 0 heterocycles. The molecule has 0 saturated carbocycles. The van der Waals surface area contributed by atoms with Crippen molar-refractivity contribution in [3.63, 3.8) is 0 Å². The first-order valence-corrected chi connectivity index (χ1v) is 7.16. The molecule has 20 heavy (non-hydrogen) atoms. The molecule has 0 aliphatic heterocycles. The topological polar surface area (TPSA) is 43.4 Å². The molecule has 0 radical (unpaired) electrons. The van der Waals surface area contributed by atoms with E-state index >= 15 is 0 Å². The second-order valence-electron chi connectivity index (χ2n) is 5.13. The lowest BCUT2D eigenvalue weighted by atomic mass is 9.85. The SMILES string of the molecule is CCCCOC(=O)[C@@H]1CC(=O)C=C(c2ccccc2)C1. The lowest BCUT2D eigenvalue weighted by Gasteiger charge is -2.21. The van der Waals surface area contributed by atoms with Gasteiger partial charge in [-0.2, -0.15) is 0 Å². The van der Waals surface area contributed by atoms with E-state index in [9.17, 15) is 9.59 Å². The number of benzene rings is 1. The molecule has 1 atom stereocenters. The van der Waals surface area contributed by atoms with Crippen molar-refractivity contribution in [1.29, 1.82) is 0 Å². The third-order valence-corrected chi connectivity index (χ3v) is 3.47. The highest BCUT2D eigenvalue weighted by molar-refractivity contribution is 6.01. The first-order valence-electron chi connectivity index (χ1n) is 7.16. The van der Waals surface area contributed by atoms with Crippen LogP contribution < -0.4 is 0 Å². The molecule has 0 bridgehead atoms. The molecule has 0 unspecified atom stereocenters. The van der Waals surface area contributed by atoms with Crippen molar-refractivity contribution >= 4 is 17.3 Å². The first kappa shape index (κ1) is 14.5. The third kappa shape index (κ3) is 3.80. The predicted molar refractivity (Wildman–Crippen MR) is 78.0 cm³/mol. The summed E-state index contributed by atoms with van der Waals surface area (Å²) in [5, 5.41) is 0. The van der Waals surface area contributed by atoms with Gasteiger partial charge in [-0.05, 0) is 30.1 Å². The quantitative estimate of drug-likeness (QED) is 0.609. The molecule has 3 nitrogen and oxygen atoms in total. The Balaban J connectivity index is 2.03. The average molecular weight is 272 g/mol. The molecular formula is C17H20O3. The van der Waals surface area contributed by atoms with Crippen LogP contribution in [0.5, 0.6) is 0 Å². The minimum atomic E-state index is -0.334. The Labute approximate surface area is 119 Å². The van der Waals surface area contributed by atoms with Gasteiger partial charge in [-0.15, -0.1) is 0 Å². The summed E-state index contributed by atoms with van der Waals surface area (Å²) >= 11 is 0. The van der Waals surface area contributed by atoms with Crippen LogP contribution >= 0.6 is 0 Å². The predicted octanol–water partition coefficient (Wildman–Crippen LogP) is 3.39. The molecule has 0 saturated heterocycles. The standard InChI is InChI=1S/C17H20O3/c1-2-3-9-20-17(19)15-10-14(11-16(18)12-15)13-7-5-4-6-8-13/h4-8,11,15H,2-3,9-10,12H2,1H3/t15-/m0/s1. The van der Waals surface area contributed by atoms with Crippen LogP contribution in [0.15, 0.2) is 36.4 Å². The third-order valence-electron chi connectivity index (χ3n) is 3.47. The summed E-state index contributed by atoms with van der Waals surface area (Å²) in [6, 6.07) is 9.73. The minimum absolute atomic E-state index is 0.00699. The number of hydrogen-bond donors (Lipinski definition) is 0. The maximum Gasteiger partial charge on any atom is 0.309 e. The number of esters is 1. The Hall–Kier alpha value is -1.90. The van der Waals surface area contributed by atoms with E-state index in [1.807, 2.05) is 37.3 Å². The van der Waals surface area contributed by atoms with E-state index in [1.54, 1.807) is 6.08 Å². The fraction of sp³-hybridized carbons (Fsp3) is 0.412. The highest BCUT2D eigenvalue weighted by atomic mass is 16.5. The smallest absolute Gasteiger partial charge is 0.309 e. The van der Waals surface area contributed by atoms with Crippen LogP contribution in [0, 0.1) is 5.92 Å². The number of carbonyl (C=O) groups excluding carboxylic acids is 2. The second-order valence-corrected chi connectivity index (χ2v) is 5.13. The van der Waals surface area contributed by atoms with Gasteiger partial charge in [0.05, 0.1) is 12.5 Å². The molecule has 1 aromatic rings. The zero-order valence-corrected chi connectivity index (χ0v) is 11.8. The van der Waals surface area contributed by atoms with Crippen LogP contribution in [-0.4, -0.2) is 18.4 Å². The molecular weight excluding hydrogens is 252 g/mol. The molecule has 106 valence electrons. The van der Waals surface area contributed by atoms with E-state index in [0.29, 0.717) is 13.0 Å². The van der Waals surface area contributed by atoms with Crippen LogP contribution in [0.25, 0.3) is 5.57 Å². The van der Waals surface area contributed by atoms with E-state index in [1.165, 1.54) is 0 Å². The number of carbonyl (C=O) groups is 2. The fourth-order valence-electron chi connectivity index (χ4n) is 2.35. The number of ether oxygens (including phenoxy) is 1. The molecule has 1 aliphatic carbocycles. The Morgan fingerprint density at radius 2 is 2.00 bits per heavy atom. The van der Waals surface area contributed by atoms with Gasteiger partial charge in [-0.1, -0.05) is 43.7 Å². The summed E-state index contributed by atoms with van der Waals surface area (Å²) in [7, 11) is 0. The van der Waals surface area contributed by atoms with Gasteiger partial charge in [0.15, 0.2) is 5.78 Å². The zero-order valence-electron chi connectivity index (χ0n) is 11.8. The molecule has 0 amide bonds. The van der Waals surface area contributed by atoms with Crippen LogP contribution in [0.2, 0.25) is 0 Å². The zero-order chi connectivity index (χ0) is 14.4. The lowest BCUT2D eigenvalue weighted by molar-refractivity contribution is -0.149. The number of allylic oxidation sites excluding steroid dienone is 2. The van der Waals surface area contributed by atoms with E-state index in [4.69, 9.17) is 4.74 Å². The van der Waals surface area contributed by atoms with Crippen molar-refractivity contribution in [2.24, 2.45) is 5.92 Å². The van der Waals surface area contributed by atoms with E-state index < -0.39 is 0 Å². The lowest BCUT2D eigenvalue weighted by Crippen LogP contribution is -2.24. The summed E-state index contributed by atoms with van der Waals surface area (Å²) in [5.41, 5.74) is 1.94. The second kappa shape index (κ2) is 7.04. The molecule has 0 fully saturated rings. The van der Waals surface area contributed by atoms with Crippen LogP contribution in [-0.2, 0) is 14.3 Å². The van der Waals surface area contributed by atoms with Gasteiger partial charge in [-0.3, -0.25) is 9.59 Å². The summed E-state index contributed by atoms with van der Waals surface area (Å²) in [5.74, 6) is -0.569. The Morgan fingerprint density at radius 3 is 2.70 bits per heavy atom. The molecule has 2 rings (SSSR count). The molecule has 0 spiro atoms. The maximum absolute atomic E-state index is 12.0. The number of rotatable bonds is 5. The van der Waals surface area contributed by atoms with Crippen molar-refractivity contribution in [3.05, 3.63) is 42.0 Å². The highest BCUT2D eigenvalue weighted by Crippen LogP contribution is 2.30. The minimum Gasteiger partial charge on any atom is -0.465 e. The van der Waals surface area contributed by atoms with E-state index in [0.717, 1.165) is 24.0 Å². The Morgan fingerprint density at radius 1 is 1.25 bits per heavy atom. The summed E-state index contributed by atoms with van der Waals surface area (Å²) in [4.78, 5) is 23.8. The van der Waals surface area contributed by atoms with Gasteiger partial charge in [0.2, 0.25) is 0 Å². The van der Waals surface area contributed by atoms with Crippen LogP contribution in [0.3, 0.4) is 0 Å². The molecule has 1 aliphatic rings. The number of hydrogen-bond acceptors (Lipinski definition) is 3. The van der Waals surface area contributed by atoms with E-state index in [-0.39, 0.29) is 24.1 Å². The normalized spacial score (nSPS) is 18.6. The van der Waals surface area contributed by atoms with Gasteiger partial charge >= 0.3 is 5.97 Å². The molecule has 3 heteroatoms. The molecule has 0 aromatic heterocycles. The van der Waals surface area contributed by atoms with Crippen molar-refractivity contribution in [1.82, 2.24) is 0 Å². The monoisotopic (exact) mass is 272 g/mol. The maximum atomic E-state index is 12.0. The highest BCUT2D eigenvalue weighted by Gasteiger charge is 2.28. The average Bonchev–Trinajstić information content (AvgIpc) is 2.47. The number of ketones is 1. The van der Waals surface area contributed by atoms with E-state index in [2.05, 4.69) is 0 Å². The largest absolute Gasteiger partial charge is 0.465 e. The summed E-state index contributed by atoms with van der Waals surface area (Å²) in [6.07, 6.45) is 4.37. The number of unbranched alkanes of at least 4 members (excludes halogenated alkanes) is 1. The molecule has 0 N–H and O–H groups in total. The fourth-order valence-corrected chi connectivity index (χ4v) is 2.35. The van der Waals surface area contributed by atoms with Crippen LogP contribution in [0.4, 0.5) is 0 Å². The van der Waals surface area contributed by atoms with Gasteiger partial charge in [0.25, 0.3) is 0 Å². The van der Waals surface area contributed by atoms with Crippen LogP contribution in [0.1, 0.15) is 38.2 Å². The summed E-state index contributed by atoms with van der Waals surface area (Å²) < 4.78 is 5.24. The van der Waals surface area contributed by atoms with Gasteiger partial charge < -0.3 is 4.74 Å². The van der Waals surface area contributed by atoms with Crippen molar-refractivity contribution in [2.75, 3.05) is 6.61 Å². The van der Waals surface area contributed by atoms with Gasteiger partial charge in [0, 0.05) is 6.42 Å². The van der Waals surface area contributed by atoms with Crippen molar-refractivity contribution in [2.45, 2.75) is 32.6 Å². The molecule has 1 aromatic carbocycles. The Kier molecular flexibility index (Phi) is 5.10.